The van der Waals surface area contributed by atoms with Crippen LogP contribution in [-0.4, -0.2) is 17.5 Å². The minimum atomic E-state index is -0.190. The molecule has 0 saturated heterocycles. The Hall–Kier alpha value is -1.88. The molecule has 0 saturated carbocycles. The molecule has 2 rings (SSSR count). The van der Waals surface area contributed by atoms with Crippen LogP contribution in [0.25, 0.3) is 0 Å². The molecule has 1 aromatic carbocycles. The minimum Gasteiger partial charge on any atom is -0.483 e. The van der Waals surface area contributed by atoms with E-state index in [1.165, 1.54) is 11.3 Å². The number of hydrogen-bond donors (Lipinski definition) is 1. The van der Waals surface area contributed by atoms with Crippen molar-refractivity contribution in [1.82, 2.24) is 4.98 Å². The Morgan fingerprint density at radius 3 is 2.75 bits per heavy atom. The monoisotopic (exact) mass is 290 g/mol. The highest BCUT2D eigenvalue weighted by molar-refractivity contribution is 7.15. The van der Waals surface area contributed by atoms with E-state index in [1.807, 2.05) is 38.1 Å². The zero-order chi connectivity index (χ0) is 14.5. The summed E-state index contributed by atoms with van der Waals surface area (Å²) < 4.78 is 5.56. The fraction of sp³-hybridized carbons (Fsp3) is 0.333. The summed E-state index contributed by atoms with van der Waals surface area (Å²) in [4.78, 5) is 17.2. The third-order valence-electron chi connectivity index (χ3n) is 2.99. The molecule has 1 amide bonds. The molecule has 0 atom stereocenters. The van der Waals surface area contributed by atoms with Crippen molar-refractivity contribution in [1.29, 1.82) is 0 Å². The van der Waals surface area contributed by atoms with Gasteiger partial charge >= 0.3 is 0 Å². The van der Waals surface area contributed by atoms with Crippen LogP contribution in [0.15, 0.2) is 24.3 Å². The molecule has 2 aromatic rings. The number of carbonyl (C=O) groups excluding carboxylic acids is 1. The molecule has 5 heteroatoms. The third-order valence-corrected chi connectivity index (χ3v) is 3.98. The molecule has 0 bridgehead atoms. The first-order valence-corrected chi connectivity index (χ1v) is 7.36. The molecule has 0 aliphatic carbocycles. The van der Waals surface area contributed by atoms with Crippen molar-refractivity contribution in [2.24, 2.45) is 0 Å². The molecular formula is C15H18N2O2S. The van der Waals surface area contributed by atoms with E-state index in [0.29, 0.717) is 5.13 Å². The number of aryl methyl sites for hydroxylation is 3. The average Bonchev–Trinajstić information content (AvgIpc) is 2.75. The summed E-state index contributed by atoms with van der Waals surface area (Å²) >= 11 is 1.47. The molecule has 1 N–H and O–H groups in total. The third kappa shape index (κ3) is 3.57. The van der Waals surface area contributed by atoms with Crippen LogP contribution in [0.1, 0.15) is 23.1 Å². The maximum Gasteiger partial charge on any atom is 0.264 e. The predicted molar refractivity (Wildman–Crippen MR) is 81.5 cm³/mol. The van der Waals surface area contributed by atoms with Crippen molar-refractivity contribution in [3.05, 3.63) is 40.4 Å². The van der Waals surface area contributed by atoms with E-state index in [0.717, 1.165) is 28.3 Å². The number of aromatic nitrogens is 1. The second kappa shape index (κ2) is 6.52. The highest BCUT2D eigenvalue weighted by Crippen LogP contribution is 2.21. The van der Waals surface area contributed by atoms with Gasteiger partial charge < -0.3 is 4.74 Å². The molecular weight excluding hydrogens is 272 g/mol. The van der Waals surface area contributed by atoms with Gasteiger partial charge in [0, 0.05) is 4.88 Å². The van der Waals surface area contributed by atoms with Gasteiger partial charge in [0.15, 0.2) is 11.7 Å². The molecule has 20 heavy (non-hydrogen) atoms. The Morgan fingerprint density at radius 2 is 2.10 bits per heavy atom. The van der Waals surface area contributed by atoms with E-state index in [-0.39, 0.29) is 12.5 Å². The van der Waals surface area contributed by atoms with Crippen molar-refractivity contribution in [3.8, 4) is 5.75 Å². The number of anilines is 1. The molecule has 0 aliphatic heterocycles. The lowest BCUT2D eigenvalue weighted by atomic mass is 10.1. The maximum absolute atomic E-state index is 11.8. The zero-order valence-corrected chi connectivity index (χ0v) is 12.7. The van der Waals surface area contributed by atoms with Gasteiger partial charge in [-0.15, -0.1) is 11.3 Å². The molecule has 106 valence electrons. The Kier molecular flexibility index (Phi) is 4.74. The summed E-state index contributed by atoms with van der Waals surface area (Å²) in [5.74, 6) is 0.571. The highest BCUT2D eigenvalue weighted by atomic mass is 32.1. The fourth-order valence-electron chi connectivity index (χ4n) is 1.76. The smallest absolute Gasteiger partial charge is 0.264 e. The summed E-state index contributed by atoms with van der Waals surface area (Å²) in [6, 6.07) is 7.75. The van der Waals surface area contributed by atoms with Gasteiger partial charge in [-0.1, -0.05) is 25.1 Å². The summed E-state index contributed by atoms with van der Waals surface area (Å²) in [6.07, 6.45) is 0.878. The first-order valence-electron chi connectivity index (χ1n) is 6.54. The second-order valence-corrected chi connectivity index (χ2v) is 5.66. The number of nitrogens with one attached hydrogen (secondary N) is 1. The summed E-state index contributed by atoms with van der Waals surface area (Å²) in [7, 11) is 0. The number of hydrogen-bond acceptors (Lipinski definition) is 4. The van der Waals surface area contributed by atoms with E-state index in [1.54, 1.807) is 0 Å². The molecule has 1 heterocycles. The predicted octanol–water partition coefficient (Wildman–Crippen LogP) is 3.34. The Labute approximate surface area is 122 Å². The zero-order valence-electron chi connectivity index (χ0n) is 11.9. The number of nitrogens with zero attached hydrogens (tertiary/aromatic N) is 1. The molecule has 0 radical (unpaired) electrons. The van der Waals surface area contributed by atoms with Crippen LogP contribution in [0, 0.1) is 13.8 Å². The van der Waals surface area contributed by atoms with Gasteiger partial charge in [0.1, 0.15) is 5.75 Å². The second-order valence-electron chi connectivity index (χ2n) is 4.46. The van der Waals surface area contributed by atoms with Crippen molar-refractivity contribution in [2.75, 3.05) is 11.9 Å². The fourth-order valence-corrected chi connectivity index (χ4v) is 2.59. The molecule has 4 nitrogen and oxygen atoms in total. The maximum atomic E-state index is 11.8. The van der Waals surface area contributed by atoms with E-state index in [4.69, 9.17) is 4.74 Å². The molecule has 0 aliphatic rings. The first-order chi connectivity index (χ1) is 9.60. The van der Waals surface area contributed by atoms with Gasteiger partial charge in [-0.05, 0) is 31.9 Å². The van der Waals surface area contributed by atoms with Gasteiger partial charge in [0.05, 0.1) is 5.69 Å². The number of carbonyl (C=O) groups is 1. The van der Waals surface area contributed by atoms with E-state index in [2.05, 4.69) is 17.2 Å². The van der Waals surface area contributed by atoms with E-state index < -0.39 is 0 Å². The Bertz CT molecular complexity index is 588. The lowest BCUT2D eigenvalue weighted by Crippen LogP contribution is -2.20. The lowest BCUT2D eigenvalue weighted by Gasteiger charge is -2.09. The normalized spacial score (nSPS) is 10.3. The van der Waals surface area contributed by atoms with Crippen LogP contribution in [-0.2, 0) is 11.2 Å². The quantitative estimate of drug-likeness (QED) is 0.919. The van der Waals surface area contributed by atoms with Crippen molar-refractivity contribution >= 4 is 22.4 Å². The number of ether oxygens (including phenoxy) is 1. The topological polar surface area (TPSA) is 51.2 Å². The number of thiazole rings is 1. The minimum absolute atomic E-state index is 0.00527. The van der Waals surface area contributed by atoms with Crippen LogP contribution < -0.4 is 10.1 Å². The van der Waals surface area contributed by atoms with E-state index in [9.17, 15) is 4.79 Å². The molecule has 1 aromatic heterocycles. The standard InChI is InChI=1S/C15H18N2O2S/c1-4-12-7-5-6-8-13(12)19-9-14(18)17-15-16-10(2)11(3)20-15/h5-8H,4,9H2,1-3H3,(H,16,17,18). The van der Waals surface area contributed by atoms with Crippen molar-refractivity contribution in [3.63, 3.8) is 0 Å². The van der Waals surface area contributed by atoms with Crippen LogP contribution in [0.5, 0.6) is 5.75 Å². The Balaban J connectivity index is 1.92. The molecule has 0 spiro atoms. The Morgan fingerprint density at radius 1 is 1.35 bits per heavy atom. The van der Waals surface area contributed by atoms with Crippen LogP contribution in [0.2, 0.25) is 0 Å². The van der Waals surface area contributed by atoms with Gasteiger partial charge in [0.2, 0.25) is 0 Å². The van der Waals surface area contributed by atoms with Gasteiger partial charge in [0.25, 0.3) is 5.91 Å². The van der Waals surface area contributed by atoms with Gasteiger partial charge in [-0.2, -0.15) is 0 Å². The van der Waals surface area contributed by atoms with Crippen LogP contribution >= 0.6 is 11.3 Å². The average molecular weight is 290 g/mol. The lowest BCUT2D eigenvalue weighted by molar-refractivity contribution is -0.118. The molecule has 0 fully saturated rings. The molecule has 0 unspecified atom stereocenters. The largest absolute Gasteiger partial charge is 0.483 e. The van der Waals surface area contributed by atoms with Crippen molar-refractivity contribution in [2.45, 2.75) is 27.2 Å². The van der Waals surface area contributed by atoms with Gasteiger partial charge in [-0.25, -0.2) is 4.98 Å². The van der Waals surface area contributed by atoms with Gasteiger partial charge in [-0.3, -0.25) is 10.1 Å². The number of amides is 1. The number of para-hydroxylation sites is 1. The van der Waals surface area contributed by atoms with Crippen molar-refractivity contribution < 1.29 is 9.53 Å². The van der Waals surface area contributed by atoms with Crippen LogP contribution in [0.4, 0.5) is 5.13 Å². The van der Waals surface area contributed by atoms with Crippen LogP contribution in [0.3, 0.4) is 0 Å². The summed E-state index contributed by atoms with van der Waals surface area (Å²) in [6.45, 7) is 5.96. The number of rotatable bonds is 5. The SMILES string of the molecule is CCc1ccccc1OCC(=O)Nc1nc(C)c(C)s1. The highest BCUT2D eigenvalue weighted by Gasteiger charge is 2.09. The summed E-state index contributed by atoms with van der Waals surface area (Å²) in [5, 5.41) is 3.38. The number of benzene rings is 1. The summed E-state index contributed by atoms with van der Waals surface area (Å²) in [5.41, 5.74) is 2.05. The first kappa shape index (κ1) is 14.5. The van der Waals surface area contributed by atoms with E-state index >= 15 is 0 Å².